The van der Waals surface area contributed by atoms with Gasteiger partial charge >= 0.3 is 0 Å². The second-order valence-electron chi connectivity index (χ2n) is 9.89. The van der Waals surface area contributed by atoms with Crippen LogP contribution >= 0.6 is 0 Å². The average Bonchev–Trinajstić information content (AvgIpc) is 2.96. The summed E-state index contributed by atoms with van der Waals surface area (Å²) in [5.41, 5.74) is 5.14. The van der Waals surface area contributed by atoms with E-state index in [4.69, 9.17) is 9.47 Å². The first kappa shape index (κ1) is 29.9. The molecule has 2 atom stereocenters. The van der Waals surface area contributed by atoms with E-state index in [1.165, 1.54) is 12.1 Å². The molecule has 4 N–H and O–H groups in total. The van der Waals surface area contributed by atoms with Gasteiger partial charge in [0.1, 0.15) is 5.75 Å². The summed E-state index contributed by atoms with van der Waals surface area (Å²) >= 11 is 0. The zero-order valence-corrected chi connectivity index (χ0v) is 24.2. The largest absolute Gasteiger partial charge is 0.506 e. The van der Waals surface area contributed by atoms with E-state index in [1.54, 1.807) is 20.3 Å². The molecule has 0 fully saturated rings. The highest BCUT2D eigenvalue weighted by atomic mass is 32.2. The summed E-state index contributed by atoms with van der Waals surface area (Å²) in [7, 11) is -0.368. The van der Waals surface area contributed by atoms with Gasteiger partial charge in [-0.3, -0.25) is 4.72 Å². The summed E-state index contributed by atoms with van der Waals surface area (Å²) in [5.74, 6) is 1.06. The minimum absolute atomic E-state index is 0.0749. The fraction of sp³-hybridized carbons (Fsp3) is 0.250. The van der Waals surface area contributed by atoms with Crippen LogP contribution in [0.15, 0.2) is 91.0 Å². The Morgan fingerprint density at radius 1 is 0.829 bits per heavy atom. The lowest BCUT2D eigenvalue weighted by atomic mass is 9.92. The van der Waals surface area contributed by atoms with Crippen molar-refractivity contribution in [3.63, 3.8) is 0 Å². The molecule has 4 aromatic carbocycles. The van der Waals surface area contributed by atoms with Gasteiger partial charge in [-0.1, -0.05) is 66.7 Å². The Balaban J connectivity index is 1.57. The van der Waals surface area contributed by atoms with E-state index in [-0.39, 0.29) is 30.4 Å². The maximum atomic E-state index is 11.7. The number of rotatable bonds is 13. The first-order valence-electron chi connectivity index (χ1n) is 13.2. The summed E-state index contributed by atoms with van der Waals surface area (Å²) in [5, 5.41) is 24.5. The molecule has 41 heavy (non-hydrogen) atoms. The van der Waals surface area contributed by atoms with Crippen LogP contribution in [0.5, 0.6) is 17.2 Å². The van der Waals surface area contributed by atoms with Crippen molar-refractivity contribution in [2.75, 3.05) is 31.7 Å². The zero-order chi connectivity index (χ0) is 29.4. The quantitative estimate of drug-likeness (QED) is 0.167. The molecule has 0 radical (unpaired) electrons. The fourth-order valence-corrected chi connectivity index (χ4v) is 5.37. The number of hydrogen-bond donors (Lipinski definition) is 4. The van der Waals surface area contributed by atoms with Gasteiger partial charge < -0.3 is 25.0 Å². The number of hydrogen-bond acceptors (Lipinski definition) is 7. The summed E-state index contributed by atoms with van der Waals surface area (Å²) in [6.45, 7) is 0.266. The Hall–Kier alpha value is -4.05. The van der Waals surface area contributed by atoms with Crippen molar-refractivity contribution in [3.8, 4) is 28.4 Å². The molecule has 0 saturated carbocycles. The highest BCUT2D eigenvalue weighted by Gasteiger charge is 2.19. The lowest BCUT2D eigenvalue weighted by molar-refractivity contribution is 0.167. The maximum absolute atomic E-state index is 11.7. The van der Waals surface area contributed by atoms with Crippen LogP contribution in [0.25, 0.3) is 11.1 Å². The van der Waals surface area contributed by atoms with Gasteiger partial charge in [0.05, 0.1) is 32.3 Å². The molecule has 0 aliphatic heterocycles. The van der Waals surface area contributed by atoms with Crippen molar-refractivity contribution >= 4 is 15.7 Å². The van der Waals surface area contributed by atoms with Gasteiger partial charge in [-0.15, -0.1) is 0 Å². The first-order chi connectivity index (χ1) is 19.7. The summed E-state index contributed by atoms with van der Waals surface area (Å²) in [6.07, 6.45) is 1.14. The van der Waals surface area contributed by atoms with Gasteiger partial charge in [0.25, 0.3) is 0 Å². The number of aliphatic hydroxyl groups excluding tert-OH is 1. The SMILES string of the molecule is COc1ccc(C(Cc2ccccc2-c2ccccc2)NCC(O)Cc2ccc(O)c(NS(C)(=O)=O)c2)cc1OC. The van der Waals surface area contributed by atoms with Gasteiger partial charge in [-0.2, -0.15) is 0 Å². The van der Waals surface area contributed by atoms with E-state index in [0.29, 0.717) is 23.5 Å². The Labute approximate surface area is 241 Å². The monoisotopic (exact) mass is 576 g/mol. The summed E-state index contributed by atoms with van der Waals surface area (Å²) in [4.78, 5) is 0. The highest BCUT2D eigenvalue weighted by molar-refractivity contribution is 7.92. The van der Waals surface area contributed by atoms with Crippen molar-refractivity contribution in [3.05, 3.63) is 108 Å². The van der Waals surface area contributed by atoms with Crippen LogP contribution in [-0.4, -0.2) is 51.8 Å². The first-order valence-corrected chi connectivity index (χ1v) is 15.1. The molecule has 9 heteroatoms. The number of phenols is 1. The van der Waals surface area contributed by atoms with Gasteiger partial charge in [-0.25, -0.2) is 8.42 Å². The van der Waals surface area contributed by atoms with E-state index in [9.17, 15) is 18.6 Å². The van der Waals surface area contributed by atoms with E-state index in [2.05, 4.69) is 34.3 Å². The number of anilines is 1. The number of benzene rings is 4. The summed E-state index contributed by atoms with van der Waals surface area (Å²) in [6, 6.07) is 28.7. The highest BCUT2D eigenvalue weighted by Crippen LogP contribution is 2.33. The zero-order valence-electron chi connectivity index (χ0n) is 23.4. The Morgan fingerprint density at radius 3 is 2.24 bits per heavy atom. The molecule has 4 aromatic rings. The molecular formula is C32H36N2O6S. The number of aromatic hydroxyl groups is 1. The molecule has 2 unspecified atom stereocenters. The normalized spacial score (nSPS) is 12.9. The average molecular weight is 577 g/mol. The number of aliphatic hydroxyl groups is 1. The Kier molecular flexibility index (Phi) is 9.88. The predicted octanol–water partition coefficient (Wildman–Crippen LogP) is 4.92. The van der Waals surface area contributed by atoms with E-state index < -0.39 is 16.1 Å². The minimum Gasteiger partial charge on any atom is -0.506 e. The van der Waals surface area contributed by atoms with Crippen LogP contribution in [0.3, 0.4) is 0 Å². The summed E-state index contributed by atoms with van der Waals surface area (Å²) < 4.78 is 36.6. The third-order valence-electron chi connectivity index (χ3n) is 6.76. The molecular weight excluding hydrogens is 540 g/mol. The number of methoxy groups -OCH3 is 2. The second-order valence-corrected chi connectivity index (χ2v) is 11.6. The van der Waals surface area contributed by atoms with Crippen molar-refractivity contribution in [1.82, 2.24) is 5.32 Å². The van der Waals surface area contributed by atoms with Gasteiger partial charge in [-0.05, 0) is 64.9 Å². The second kappa shape index (κ2) is 13.5. The van der Waals surface area contributed by atoms with Crippen LogP contribution in [0.2, 0.25) is 0 Å². The Morgan fingerprint density at radius 2 is 1.54 bits per heavy atom. The molecule has 8 nitrogen and oxygen atoms in total. The number of ether oxygens (including phenoxy) is 2. The number of phenolic OH excluding ortho intramolecular Hbond substituents is 1. The van der Waals surface area contributed by atoms with Crippen LogP contribution in [-0.2, 0) is 22.9 Å². The number of sulfonamides is 1. The van der Waals surface area contributed by atoms with Crippen LogP contribution < -0.4 is 19.5 Å². The van der Waals surface area contributed by atoms with Crippen molar-refractivity contribution in [1.29, 1.82) is 0 Å². The molecule has 216 valence electrons. The molecule has 0 aliphatic carbocycles. The predicted molar refractivity (Wildman–Crippen MR) is 162 cm³/mol. The fourth-order valence-electron chi connectivity index (χ4n) is 4.81. The van der Waals surface area contributed by atoms with E-state index in [0.717, 1.165) is 28.5 Å². The van der Waals surface area contributed by atoms with E-state index in [1.807, 2.05) is 48.5 Å². The molecule has 0 heterocycles. The van der Waals surface area contributed by atoms with Gasteiger partial charge in [0, 0.05) is 12.6 Å². The topological polar surface area (TPSA) is 117 Å². The lowest BCUT2D eigenvalue weighted by Gasteiger charge is -2.24. The van der Waals surface area contributed by atoms with Crippen molar-refractivity contribution < 1.29 is 28.1 Å². The third kappa shape index (κ3) is 8.23. The Bertz CT molecular complexity index is 1560. The molecule has 0 aromatic heterocycles. The standard InChI is InChI=1S/C32H36N2O6S/c1-39-31-16-14-25(20-32(31)40-2)28(19-24-11-7-8-12-27(24)23-9-5-4-6-10-23)33-21-26(35)17-22-13-15-30(36)29(18-22)34-41(3,37)38/h4-16,18,20,26,28,33-36H,17,19,21H2,1-3H3. The maximum Gasteiger partial charge on any atom is 0.229 e. The third-order valence-corrected chi connectivity index (χ3v) is 7.35. The molecule has 4 rings (SSSR count). The van der Waals surface area contributed by atoms with Gasteiger partial charge in [0.2, 0.25) is 10.0 Å². The van der Waals surface area contributed by atoms with Crippen LogP contribution in [0.4, 0.5) is 5.69 Å². The van der Waals surface area contributed by atoms with E-state index >= 15 is 0 Å². The number of nitrogens with one attached hydrogen (secondary N) is 2. The van der Waals surface area contributed by atoms with Crippen molar-refractivity contribution in [2.45, 2.75) is 25.0 Å². The lowest BCUT2D eigenvalue weighted by Crippen LogP contribution is -2.33. The molecule has 0 amide bonds. The van der Waals surface area contributed by atoms with Crippen molar-refractivity contribution in [2.24, 2.45) is 0 Å². The molecule has 0 saturated heterocycles. The van der Waals surface area contributed by atoms with Gasteiger partial charge in [0.15, 0.2) is 11.5 Å². The minimum atomic E-state index is -3.57. The van der Waals surface area contributed by atoms with Crippen LogP contribution in [0, 0.1) is 0 Å². The molecule has 0 bridgehead atoms. The smallest absolute Gasteiger partial charge is 0.229 e. The van der Waals surface area contributed by atoms with Crippen LogP contribution in [0.1, 0.15) is 22.7 Å². The molecule has 0 spiro atoms. The molecule has 0 aliphatic rings.